The van der Waals surface area contributed by atoms with E-state index in [0.717, 1.165) is 30.6 Å². The zero-order chi connectivity index (χ0) is 25.6. The van der Waals surface area contributed by atoms with Crippen LogP contribution >= 0.6 is 0 Å². The second-order valence-corrected chi connectivity index (χ2v) is 9.29. The van der Waals surface area contributed by atoms with Crippen molar-refractivity contribution >= 4 is 35.0 Å². The van der Waals surface area contributed by atoms with Crippen molar-refractivity contribution in [1.29, 1.82) is 0 Å². The van der Waals surface area contributed by atoms with Gasteiger partial charge < -0.3 is 20.0 Å². The Morgan fingerprint density at radius 2 is 1.54 bits per heavy atom. The van der Waals surface area contributed by atoms with Crippen LogP contribution in [0, 0.1) is 0 Å². The zero-order valence-corrected chi connectivity index (χ0v) is 20.7. The molecule has 0 radical (unpaired) electrons. The molecule has 1 aromatic heterocycles. The Morgan fingerprint density at radius 3 is 2.22 bits per heavy atom. The van der Waals surface area contributed by atoms with E-state index >= 15 is 0 Å². The van der Waals surface area contributed by atoms with E-state index < -0.39 is 0 Å². The highest BCUT2D eigenvalue weighted by atomic mass is 16.2. The monoisotopic (exact) mass is 498 g/mol. The van der Waals surface area contributed by atoms with E-state index in [9.17, 15) is 14.4 Å². The summed E-state index contributed by atoms with van der Waals surface area (Å²) in [6, 6.07) is 16.3. The molecule has 9 heteroatoms. The fourth-order valence-corrected chi connectivity index (χ4v) is 4.68. The number of rotatable bonds is 6. The lowest BCUT2D eigenvalue weighted by molar-refractivity contribution is -0.130. The normalized spacial score (nSPS) is 16.0. The van der Waals surface area contributed by atoms with Crippen molar-refractivity contribution in [2.75, 3.05) is 47.8 Å². The minimum atomic E-state index is -0.222. The Balaban J connectivity index is 1.11. The summed E-state index contributed by atoms with van der Waals surface area (Å²) in [4.78, 5) is 51.9. The van der Waals surface area contributed by atoms with Gasteiger partial charge in [0.05, 0.1) is 6.42 Å². The smallest absolute Gasteiger partial charge is 0.255 e. The van der Waals surface area contributed by atoms with Crippen molar-refractivity contribution in [3.8, 4) is 0 Å². The number of carbonyl (C=O) groups is 3. The van der Waals surface area contributed by atoms with E-state index in [4.69, 9.17) is 0 Å². The molecular weight excluding hydrogens is 468 g/mol. The van der Waals surface area contributed by atoms with Crippen LogP contribution in [0.15, 0.2) is 67.0 Å². The number of nitrogens with one attached hydrogen (secondary N) is 1. The predicted molar refractivity (Wildman–Crippen MR) is 142 cm³/mol. The summed E-state index contributed by atoms with van der Waals surface area (Å²) in [6.45, 7) is 3.40. The molecule has 5 rings (SSSR count). The van der Waals surface area contributed by atoms with Gasteiger partial charge in [-0.05, 0) is 60.9 Å². The Labute approximate surface area is 216 Å². The van der Waals surface area contributed by atoms with Crippen molar-refractivity contribution in [3.63, 3.8) is 0 Å². The van der Waals surface area contributed by atoms with Gasteiger partial charge in [0.1, 0.15) is 0 Å². The van der Waals surface area contributed by atoms with Gasteiger partial charge in [0.25, 0.3) is 5.91 Å². The Kier molecular flexibility index (Phi) is 7.39. The first kappa shape index (κ1) is 24.4. The molecule has 2 aliphatic rings. The number of hydrogen-bond acceptors (Lipinski definition) is 6. The predicted octanol–water partition coefficient (Wildman–Crippen LogP) is 3.14. The summed E-state index contributed by atoms with van der Waals surface area (Å²) in [7, 11) is 0. The Hall–Kier alpha value is -4.27. The highest BCUT2D eigenvalue weighted by Crippen LogP contribution is 2.22. The fraction of sp³-hybridized carbons (Fsp3) is 0.321. The molecule has 1 N–H and O–H groups in total. The Morgan fingerprint density at radius 1 is 0.838 bits per heavy atom. The van der Waals surface area contributed by atoms with Gasteiger partial charge in [-0.3, -0.25) is 14.4 Å². The maximum absolute atomic E-state index is 12.8. The number of anilines is 3. The third-order valence-corrected chi connectivity index (χ3v) is 6.80. The van der Waals surface area contributed by atoms with E-state index in [2.05, 4.69) is 20.2 Å². The average molecular weight is 499 g/mol. The first-order valence-electron chi connectivity index (χ1n) is 12.7. The maximum Gasteiger partial charge on any atom is 0.255 e. The highest BCUT2D eigenvalue weighted by Gasteiger charge is 2.23. The lowest BCUT2D eigenvalue weighted by Crippen LogP contribution is -2.49. The molecule has 2 fully saturated rings. The quantitative estimate of drug-likeness (QED) is 0.561. The molecule has 9 nitrogen and oxygen atoms in total. The van der Waals surface area contributed by atoms with Gasteiger partial charge in [-0.25, -0.2) is 9.97 Å². The van der Waals surface area contributed by atoms with E-state index in [1.54, 1.807) is 35.5 Å². The van der Waals surface area contributed by atoms with Gasteiger partial charge >= 0.3 is 0 Å². The van der Waals surface area contributed by atoms with Gasteiger partial charge in [0.15, 0.2) is 0 Å². The standard InChI is InChI=1S/C28H30N6O3/c35-25-4-1-2-15-34(25)24-11-7-22(8-12-24)27(37)31-23-9-5-21(6-10-23)20-26(36)32-16-18-33(19-17-32)28-29-13-3-14-30-28/h3,5-14H,1-2,4,15-20H2,(H,31,37). The molecule has 0 spiro atoms. The van der Waals surface area contributed by atoms with Crippen molar-refractivity contribution in [3.05, 3.63) is 78.1 Å². The van der Waals surface area contributed by atoms with Crippen LogP contribution in [-0.2, 0) is 16.0 Å². The minimum absolute atomic E-state index is 0.0812. The molecule has 190 valence electrons. The molecule has 0 aliphatic carbocycles. The first-order valence-corrected chi connectivity index (χ1v) is 12.7. The molecule has 2 aromatic carbocycles. The third kappa shape index (κ3) is 5.94. The number of carbonyl (C=O) groups excluding carboxylic acids is 3. The van der Waals surface area contributed by atoms with Crippen molar-refractivity contribution in [2.24, 2.45) is 0 Å². The van der Waals surface area contributed by atoms with Crippen LogP contribution in [0.4, 0.5) is 17.3 Å². The number of benzene rings is 2. The van der Waals surface area contributed by atoms with E-state index in [1.807, 2.05) is 41.3 Å². The van der Waals surface area contributed by atoms with Gasteiger partial charge in [-0.1, -0.05) is 12.1 Å². The number of hydrogen-bond donors (Lipinski definition) is 1. The van der Waals surface area contributed by atoms with E-state index in [-0.39, 0.29) is 17.7 Å². The Bertz CT molecular complexity index is 1240. The second kappa shape index (κ2) is 11.2. The summed E-state index contributed by atoms with van der Waals surface area (Å²) in [5, 5.41) is 2.90. The summed E-state index contributed by atoms with van der Waals surface area (Å²) < 4.78 is 0. The lowest BCUT2D eigenvalue weighted by Gasteiger charge is -2.34. The van der Waals surface area contributed by atoms with Crippen molar-refractivity contribution in [2.45, 2.75) is 25.7 Å². The molecule has 3 amide bonds. The van der Waals surface area contributed by atoms with Crippen LogP contribution in [0.2, 0.25) is 0 Å². The largest absolute Gasteiger partial charge is 0.339 e. The molecular formula is C28H30N6O3. The van der Waals surface area contributed by atoms with Crippen molar-refractivity contribution < 1.29 is 14.4 Å². The molecule has 3 aromatic rings. The number of aromatic nitrogens is 2. The maximum atomic E-state index is 12.8. The van der Waals surface area contributed by atoms with E-state index in [1.165, 1.54) is 0 Å². The van der Waals surface area contributed by atoms with Gasteiger partial charge in [-0.2, -0.15) is 0 Å². The van der Waals surface area contributed by atoms with Crippen LogP contribution in [0.25, 0.3) is 0 Å². The third-order valence-electron chi connectivity index (χ3n) is 6.80. The number of piperidine rings is 1. The van der Waals surface area contributed by atoms with Crippen LogP contribution in [0.3, 0.4) is 0 Å². The van der Waals surface area contributed by atoms with E-state index in [0.29, 0.717) is 56.2 Å². The summed E-state index contributed by atoms with van der Waals surface area (Å²) in [6.07, 6.45) is 6.26. The number of piperazine rings is 1. The molecule has 0 saturated carbocycles. The van der Waals surface area contributed by atoms with Crippen LogP contribution in [0.1, 0.15) is 35.2 Å². The second-order valence-electron chi connectivity index (χ2n) is 9.29. The van der Waals surface area contributed by atoms with Crippen molar-refractivity contribution in [1.82, 2.24) is 14.9 Å². The molecule has 37 heavy (non-hydrogen) atoms. The number of nitrogens with zero attached hydrogens (tertiary/aromatic N) is 5. The molecule has 2 aliphatic heterocycles. The average Bonchev–Trinajstić information content (AvgIpc) is 2.95. The topological polar surface area (TPSA) is 98.7 Å². The van der Waals surface area contributed by atoms with Gasteiger partial charge in [0, 0.05) is 68.5 Å². The fourth-order valence-electron chi connectivity index (χ4n) is 4.68. The first-order chi connectivity index (χ1) is 18.1. The summed E-state index contributed by atoms with van der Waals surface area (Å²) >= 11 is 0. The zero-order valence-electron chi connectivity index (χ0n) is 20.7. The van der Waals surface area contributed by atoms with Crippen LogP contribution in [0.5, 0.6) is 0 Å². The molecule has 0 bridgehead atoms. The van der Waals surface area contributed by atoms with Gasteiger partial charge in [0.2, 0.25) is 17.8 Å². The molecule has 3 heterocycles. The highest BCUT2D eigenvalue weighted by molar-refractivity contribution is 6.04. The molecule has 0 unspecified atom stereocenters. The number of amides is 3. The molecule has 0 atom stereocenters. The molecule has 2 saturated heterocycles. The van der Waals surface area contributed by atoms with Crippen LogP contribution < -0.4 is 15.1 Å². The van der Waals surface area contributed by atoms with Crippen LogP contribution in [-0.4, -0.2) is 65.3 Å². The minimum Gasteiger partial charge on any atom is -0.339 e. The summed E-state index contributed by atoms with van der Waals surface area (Å²) in [5.74, 6) is 0.685. The van der Waals surface area contributed by atoms with Gasteiger partial charge in [-0.15, -0.1) is 0 Å². The lowest BCUT2D eigenvalue weighted by atomic mass is 10.1. The SMILES string of the molecule is O=C(Nc1ccc(CC(=O)N2CCN(c3ncccn3)CC2)cc1)c1ccc(N2CCCCC2=O)cc1. The summed E-state index contributed by atoms with van der Waals surface area (Å²) in [5.41, 5.74) is 2.90.